The van der Waals surface area contributed by atoms with Crippen LogP contribution in [0.3, 0.4) is 0 Å². The van der Waals surface area contributed by atoms with E-state index in [-0.39, 0.29) is 5.69 Å². The second-order valence-electron chi connectivity index (χ2n) is 3.97. The fourth-order valence-corrected chi connectivity index (χ4v) is 2.01. The molecule has 0 saturated carbocycles. The van der Waals surface area contributed by atoms with E-state index in [1.807, 2.05) is 12.1 Å². The van der Waals surface area contributed by atoms with Crippen molar-refractivity contribution in [3.05, 3.63) is 58.1 Å². The Kier molecular flexibility index (Phi) is 4.57. The molecule has 0 unspecified atom stereocenters. The number of nitro groups is 1. The van der Waals surface area contributed by atoms with E-state index in [0.29, 0.717) is 17.2 Å². The number of halogens is 1. The predicted octanol–water partition coefficient (Wildman–Crippen LogP) is 4.29. The molecule has 0 aromatic heterocycles. The van der Waals surface area contributed by atoms with Crippen LogP contribution in [0.25, 0.3) is 0 Å². The fourth-order valence-electron chi connectivity index (χ4n) is 1.63. The maximum Gasteiger partial charge on any atom is 0.273 e. The van der Waals surface area contributed by atoms with Gasteiger partial charge in [0.25, 0.3) is 5.69 Å². The van der Waals surface area contributed by atoms with Crippen LogP contribution in [0.5, 0.6) is 17.2 Å². The van der Waals surface area contributed by atoms with Gasteiger partial charge in [0.2, 0.25) is 0 Å². The largest absolute Gasteiger partial charge is 0.493 e. The second-order valence-corrected chi connectivity index (χ2v) is 4.53. The van der Waals surface area contributed by atoms with Gasteiger partial charge in [-0.2, -0.15) is 0 Å². The van der Waals surface area contributed by atoms with Crippen LogP contribution in [0.15, 0.2) is 42.5 Å². The molecule has 0 atom stereocenters. The highest BCUT2D eigenvalue weighted by molar-refractivity contribution is 9.08. The summed E-state index contributed by atoms with van der Waals surface area (Å²) in [6, 6.07) is 11.7. The molecule has 0 fully saturated rings. The Morgan fingerprint density at radius 2 is 1.85 bits per heavy atom. The number of nitro benzene ring substituents is 1. The molecule has 0 saturated heterocycles. The summed E-state index contributed by atoms with van der Waals surface area (Å²) >= 11 is 3.36. The molecule has 0 heterocycles. The van der Waals surface area contributed by atoms with E-state index in [1.54, 1.807) is 12.1 Å². The molecule has 104 valence electrons. The lowest BCUT2D eigenvalue weighted by atomic mass is 10.2. The SMILES string of the molecule is COc1ccc([N+](=O)[O-])cc1Oc1ccc(CBr)cc1. The van der Waals surface area contributed by atoms with Crippen LogP contribution in [-0.2, 0) is 5.33 Å². The zero-order chi connectivity index (χ0) is 14.5. The van der Waals surface area contributed by atoms with Crippen molar-refractivity contribution in [3.63, 3.8) is 0 Å². The van der Waals surface area contributed by atoms with E-state index in [9.17, 15) is 10.1 Å². The molecule has 0 aliphatic heterocycles. The third kappa shape index (κ3) is 3.27. The number of alkyl halides is 1. The molecule has 2 aromatic carbocycles. The minimum atomic E-state index is -0.472. The first-order valence-corrected chi connectivity index (χ1v) is 6.91. The molecule has 20 heavy (non-hydrogen) atoms. The Morgan fingerprint density at radius 1 is 1.15 bits per heavy atom. The maximum absolute atomic E-state index is 10.8. The number of non-ortho nitro benzene ring substituents is 1. The Balaban J connectivity index is 2.30. The van der Waals surface area contributed by atoms with Crippen molar-refractivity contribution in [3.8, 4) is 17.2 Å². The van der Waals surface area contributed by atoms with Gasteiger partial charge in [0.05, 0.1) is 18.1 Å². The molecule has 0 aliphatic rings. The van der Waals surface area contributed by atoms with Crippen LogP contribution in [0.2, 0.25) is 0 Å². The van der Waals surface area contributed by atoms with Crippen LogP contribution in [0.4, 0.5) is 5.69 Å². The average Bonchev–Trinajstić information content (AvgIpc) is 2.48. The standard InChI is InChI=1S/C14H12BrNO4/c1-19-13-7-4-11(16(17)18)8-14(13)20-12-5-2-10(9-15)3-6-12/h2-8H,9H2,1H3. The zero-order valence-electron chi connectivity index (χ0n) is 10.7. The number of benzene rings is 2. The van der Waals surface area contributed by atoms with E-state index in [4.69, 9.17) is 9.47 Å². The molecule has 2 aromatic rings. The molecule has 0 spiro atoms. The van der Waals surface area contributed by atoms with Crippen molar-refractivity contribution in [2.24, 2.45) is 0 Å². The molecule has 6 heteroatoms. The topological polar surface area (TPSA) is 61.6 Å². The number of rotatable bonds is 5. The predicted molar refractivity (Wildman–Crippen MR) is 78.8 cm³/mol. The van der Waals surface area contributed by atoms with Crippen molar-refractivity contribution < 1.29 is 14.4 Å². The normalized spacial score (nSPS) is 10.1. The van der Waals surface area contributed by atoms with E-state index in [2.05, 4.69) is 15.9 Å². The lowest BCUT2D eigenvalue weighted by Crippen LogP contribution is -1.93. The van der Waals surface area contributed by atoms with Crippen molar-refractivity contribution >= 4 is 21.6 Å². The summed E-state index contributed by atoms with van der Waals surface area (Å²) in [5, 5.41) is 11.6. The van der Waals surface area contributed by atoms with Crippen molar-refractivity contribution in [1.29, 1.82) is 0 Å². The molecule has 0 bridgehead atoms. The smallest absolute Gasteiger partial charge is 0.273 e. The van der Waals surface area contributed by atoms with Gasteiger partial charge >= 0.3 is 0 Å². The molecule has 2 rings (SSSR count). The number of hydrogen-bond donors (Lipinski definition) is 0. The van der Waals surface area contributed by atoms with Gasteiger partial charge in [-0.1, -0.05) is 28.1 Å². The lowest BCUT2D eigenvalue weighted by Gasteiger charge is -2.10. The first kappa shape index (κ1) is 14.3. The van der Waals surface area contributed by atoms with Gasteiger partial charge in [-0.3, -0.25) is 10.1 Å². The Bertz CT molecular complexity index is 613. The first-order valence-electron chi connectivity index (χ1n) is 5.79. The summed E-state index contributed by atoms with van der Waals surface area (Å²) in [5.41, 5.74) is 1.07. The van der Waals surface area contributed by atoms with E-state index < -0.39 is 4.92 Å². The lowest BCUT2D eigenvalue weighted by molar-refractivity contribution is -0.384. The molecular formula is C14H12BrNO4. The number of hydrogen-bond acceptors (Lipinski definition) is 4. The third-order valence-corrected chi connectivity index (χ3v) is 3.31. The summed E-state index contributed by atoms with van der Waals surface area (Å²) in [7, 11) is 1.49. The van der Waals surface area contributed by atoms with Gasteiger partial charge in [-0.15, -0.1) is 0 Å². The van der Waals surface area contributed by atoms with Crippen molar-refractivity contribution in [2.75, 3.05) is 7.11 Å². The van der Waals surface area contributed by atoms with Gasteiger partial charge in [-0.25, -0.2) is 0 Å². The summed E-state index contributed by atoms with van der Waals surface area (Å²) < 4.78 is 10.8. The van der Waals surface area contributed by atoms with Gasteiger partial charge in [0.1, 0.15) is 5.75 Å². The number of methoxy groups -OCH3 is 1. The van der Waals surface area contributed by atoms with Gasteiger partial charge in [0.15, 0.2) is 11.5 Å². The Hall–Kier alpha value is -2.08. The summed E-state index contributed by atoms with van der Waals surface area (Å²) in [6.45, 7) is 0. The van der Waals surface area contributed by atoms with Crippen LogP contribution < -0.4 is 9.47 Å². The highest BCUT2D eigenvalue weighted by Gasteiger charge is 2.13. The van der Waals surface area contributed by atoms with E-state index in [1.165, 1.54) is 25.3 Å². The highest BCUT2D eigenvalue weighted by Crippen LogP contribution is 2.34. The quantitative estimate of drug-likeness (QED) is 0.463. The van der Waals surface area contributed by atoms with Crippen LogP contribution in [0, 0.1) is 10.1 Å². The van der Waals surface area contributed by atoms with Gasteiger partial charge in [-0.05, 0) is 23.8 Å². The summed E-state index contributed by atoms with van der Waals surface area (Å²) in [6.07, 6.45) is 0. The second kappa shape index (κ2) is 6.38. The van der Waals surface area contributed by atoms with Crippen LogP contribution in [0.1, 0.15) is 5.56 Å². The summed E-state index contributed by atoms with van der Waals surface area (Å²) in [4.78, 5) is 10.3. The fraction of sp³-hybridized carbons (Fsp3) is 0.143. The van der Waals surface area contributed by atoms with Gasteiger partial charge < -0.3 is 9.47 Å². The molecule has 5 nitrogen and oxygen atoms in total. The van der Waals surface area contributed by atoms with Crippen LogP contribution >= 0.6 is 15.9 Å². The Labute approximate surface area is 124 Å². The number of nitrogens with zero attached hydrogens (tertiary/aromatic N) is 1. The summed E-state index contributed by atoms with van der Waals surface area (Å²) in [5.74, 6) is 1.35. The van der Waals surface area contributed by atoms with Crippen molar-refractivity contribution in [1.82, 2.24) is 0 Å². The monoisotopic (exact) mass is 337 g/mol. The molecule has 0 amide bonds. The third-order valence-electron chi connectivity index (χ3n) is 2.66. The van der Waals surface area contributed by atoms with Crippen molar-refractivity contribution in [2.45, 2.75) is 5.33 Å². The number of ether oxygens (including phenoxy) is 2. The first-order chi connectivity index (χ1) is 9.63. The van der Waals surface area contributed by atoms with Gasteiger partial charge in [0, 0.05) is 11.4 Å². The Morgan fingerprint density at radius 3 is 2.40 bits per heavy atom. The average molecular weight is 338 g/mol. The van der Waals surface area contributed by atoms with E-state index >= 15 is 0 Å². The zero-order valence-corrected chi connectivity index (χ0v) is 12.3. The minimum Gasteiger partial charge on any atom is -0.493 e. The van der Waals surface area contributed by atoms with E-state index in [0.717, 1.165) is 10.9 Å². The molecule has 0 radical (unpaired) electrons. The highest BCUT2D eigenvalue weighted by atomic mass is 79.9. The maximum atomic E-state index is 10.8. The van der Waals surface area contributed by atoms with Crippen LogP contribution in [-0.4, -0.2) is 12.0 Å². The minimum absolute atomic E-state index is 0.0436. The molecular weight excluding hydrogens is 326 g/mol. The molecule has 0 aliphatic carbocycles. The molecule has 0 N–H and O–H groups in total.